The van der Waals surface area contributed by atoms with Gasteiger partial charge in [-0.2, -0.15) is 27.8 Å². The number of para-hydroxylation sites is 2. The molecule has 0 N–H and O–H groups in total. The van der Waals surface area contributed by atoms with Crippen LogP contribution in [0.25, 0.3) is 5.32 Å². The number of nitrogens with zero attached hydrogens (tertiary/aromatic N) is 2. The van der Waals surface area contributed by atoms with E-state index in [-0.39, 0.29) is 16.5 Å². The van der Waals surface area contributed by atoms with E-state index in [0.717, 1.165) is 11.4 Å². The van der Waals surface area contributed by atoms with Gasteiger partial charge in [-0.15, -0.1) is 12.7 Å². The van der Waals surface area contributed by atoms with Crippen LogP contribution in [0.2, 0.25) is 0 Å². The summed E-state index contributed by atoms with van der Waals surface area (Å²) in [5, 5.41) is 4.15. The molecule has 0 radical (unpaired) electrons. The van der Waals surface area contributed by atoms with E-state index in [9.17, 15) is 0 Å². The van der Waals surface area contributed by atoms with Gasteiger partial charge in [0.25, 0.3) is 0 Å². The summed E-state index contributed by atoms with van der Waals surface area (Å²) < 4.78 is 0. The van der Waals surface area contributed by atoms with Gasteiger partial charge in [0.1, 0.15) is 0 Å². The van der Waals surface area contributed by atoms with Crippen LogP contribution in [-0.4, -0.2) is 21.1 Å². The van der Waals surface area contributed by atoms with E-state index in [1.165, 1.54) is 27.8 Å². The third kappa shape index (κ3) is 4.58. The first-order valence-electron chi connectivity index (χ1n) is 7.37. The predicted molar refractivity (Wildman–Crippen MR) is 95.4 cm³/mol. The maximum atomic E-state index is 4.15. The normalized spacial score (nSPS) is 9.45. The summed E-state index contributed by atoms with van der Waals surface area (Å²) in [6, 6.07) is 8.08. The van der Waals surface area contributed by atoms with E-state index < -0.39 is 0 Å². The van der Waals surface area contributed by atoms with Gasteiger partial charge >= 0.3 is 0 Å². The molecule has 0 unspecified atom stereocenters. The summed E-state index contributed by atoms with van der Waals surface area (Å²) in [7, 11) is 5.84. The molecule has 126 valence electrons. The van der Waals surface area contributed by atoms with Crippen LogP contribution in [0.1, 0.15) is 27.8 Å². The van der Waals surface area contributed by atoms with Crippen molar-refractivity contribution in [2.45, 2.75) is 34.6 Å². The van der Waals surface area contributed by atoms with Gasteiger partial charge in [0.2, 0.25) is 0 Å². The maximum Gasteiger partial charge on any atom is 0.0209 e. The van der Waals surface area contributed by atoms with E-state index in [4.69, 9.17) is 0 Å². The van der Waals surface area contributed by atoms with Gasteiger partial charge < -0.3 is 10.2 Å². The molecule has 0 heterocycles. The second kappa shape index (κ2) is 8.95. The largest absolute Gasteiger partial charge is 0.685 e. The fraction of sp³-hybridized carbons (Fsp3) is 0.421. The first-order chi connectivity index (χ1) is 9.81. The number of rotatable bonds is 2. The van der Waals surface area contributed by atoms with Crippen molar-refractivity contribution in [3.05, 3.63) is 57.4 Å². The van der Waals surface area contributed by atoms with Crippen molar-refractivity contribution in [3.63, 3.8) is 0 Å². The molecule has 2 aromatic carbocycles. The summed E-state index contributed by atoms with van der Waals surface area (Å²) in [5.41, 5.74) is 9.54. The molecule has 3 heteroatoms. The molecular formula is C19H28N2Ni-2. The number of benzene rings is 1. The summed E-state index contributed by atoms with van der Waals surface area (Å²) in [6.45, 7) is 11.0. The van der Waals surface area contributed by atoms with E-state index >= 15 is 0 Å². The Morgan fingerprint density at radius 1 is 0.909 bits per heavy atom. The van der Waals surface area contributed by atoms with Crippen LogP contribution in [0.15, 0.2) is 24.3 Å². The zero-order valence-corrected chi connectivity index (χ0v) is 16.0. The van der Waals surface area contributed by atoms with Gasteiger partial charge in [0, 0.05) is 36.3 Å². The van der Waals surface area contributed by atoms with E-state index in [1.807, 2.05) is 39.3 Å². The second-order valence-corrected chi connectivity index (χ2v) is 5.73. The van der Waals surface area contributed by atoms with Crippen LogP contribution >= 0.6 is 0 Å². The standard InChI is InChI=1S/C10H15.C9H13N2.Ni/c1-6-7(2)9(4)10(5)8(6)3;1-10-8-6-4-5-7-9(8)11(2)3;/h1-5H3;4-7H,1-3H3;/q2*-1;. The Morgan fingerprint density at radius 3 is 1.64 bits per heavy atom. The summed E-state index contributed by atoms with van der Waals surface area (Å²) in [5.74, 6) is 0. The Labute approximate surface area is 146 Å². The summed E-state index contributed by atoms with van der Waals surface area (Å²) >= 11 is 0. The zero-order valence-electron chi connectivity index (χ0n) is 15.0. The quantitative estimate of drug-likeness (QED) is 0.532. The molecule has 0 bridgehead atoms. The Balaban J connectivity index is 0.000000385. The van der Waals surface area contributed by atoms with Gasteiger partial charge in [0.05, 0.1) is 0 Å². The Kier molecular flexibility index (Phi) is 8.41. The molecule has 0 aromatic heterocycles. The minimum atomic E-state index is 0. The van der Waals surface area contributed by atoms with E-state index in [2.05, 4.69) is 50.9 Å². The van der Waals surface area contributed by atoms with Gasteiger partial charge in [-0.1, -0.05) is 52.8 Å². The van der Waals surface area contributed by atoms with Gasteiger partial charge in [-0.25, -0.2) is 0 Å². The first kappa shape index (κ1) is 20.7. The smallest absolute Gasteiger partial charge is 0.0209 e. The fourth-order valence-corrected chi connectivity index (χ4v) is 2.44. The molecule has 2 aromatic rings. The molecule has 0 atom stereocenters. The molecule has 22 heavy (non-hydrogen) atoms. The maximum absolute atomic E-state index is 4.15. The Hall–Kier alpha value is -1.34. The van der Waals surface area contributed by atoms with Crippen molar-refractivity contribution in [1.29, 1.82) is 0 Å². The monoisotopic (exact) mass is 342 g/mol. The third-order valence-electron chi connectivity index (χ3n) is 4.42. The zero-order chi connectivity index (χ0) is 16.2. The number of hydrogen-bond acceptors (Lipinski definition) is 1. The Bertz CT molecular complexity index is 517. The van der Waals surface area contributed by atoms with Gasteiger partial charge in [0.15, 0.2) is 0 Å². The van der Waals surface area contributed by atoms with Crippen molar-refractivity contribution < 1.29 is 16.5 Å². The molecule has 0 saturated carbocycles. The number of hydrogen-bond donors (Lipinski definition) is 0. The molecule has 0 fully saturated rings. The SMILES string of the molecule is C[N-]c1ccccc1N(C)C.Cc1c(C)c(C)[c-](C)c1C.[Ni]. The minimum Gasteiger partial charge on any atom is -0.685 e. The van der Waals surface area contributed by atoms with Crippen LogP contribution in [0.3, 0.4) is 0 Å². The molecule has 0 saturated heterocycles. The van der Waals surface area contributed by atoms with Crippen LogP contribution < -0.4 is 4.90 Å². The fourth-order valence-electron chi connectivity index (χ4n) is 2.44. The predicted octanol–water partition coefficient (Wildman–Crippen LogP) is 5.33. The molecule has 2 rings (SSSR count). The van der Waals surface area contributed by atoms with Crippen molar-refractivity contribution in [1.82, 2.24) is 0 Å². The Morgan fingerprint density at radius 2 is 1.36 bits per heavy atom. The molecule has 0 aliphatic heterocycles. The average Bonchev–Trinajstić information content (AvgIpc) is 2.66. The van der Waals surface area contributed by atoms with Crippen LogP contribution in [-0.2, 0) is 16.5 Å². The van der Waals surface area contributed by atoms with Crippen LogP contribution in [0, 0.1) is 34.6 Å². The van der Waals surface area contributed by atoms with Crippen molar-refractivity contribution in [2.75, 3.05) is 26.0 Å². The minimum absolute atomic E-state index is 0. The molecule has 0 amide bonds. The van der Waals surface area contributed by atoms with E-state index in [0.29, 0.717) is 0 Å². The summed E-state index contributed by atoms with van der Waals surface area (Å²) in [4.78, 5) is 2.06. The first-order valence-corrected chi connectivity index (χ1v) is 7.37. The average molecular weight is 343 g/mol. The molecule has 0 aliphatic carbocycles. The van der Waals surface area contributed by atoms with Crippen molar-refractivity contribution in [3.8, 4) is 0 Å². The number of anilines is 1. The van der Waals surface area contributed by atoms with Gasteiger partial charge in [-0.05, 0) is 6.07 Å². The molecule has 0 aliphatic rings. The van der Waals surface area contributed by atoms with Crippen LogP contribution in [0.5, 0.6) is 0 Å². The molecule has 0 spiro atoms. The molecule has 2 nitrogen and oxygen atoms in total. The van der Waals surface area contributed by atoms with Crippen molar-refractivity contribution in [2.24, 2.45) is 0 Å². The van der Waals surface area contributed by atoms with Crippen LogP contribution in [0.4, 0.5) is 11.4 Å². The topological polar surface area (TPSA) is 17.3 Å². The van der Waals surface area contributed by atoms with E-state index in [1.54, 1.807) is 0 Å². The van der Waals surface area contributed by atoms with Gasteiger partial charge in [-0.3, -0.25) is 0 Å². The van der Waals surface area contributed by atoms with Crippen molar-refractivity contribution >= 4 is 11.4 Å². The molecular weight excluding hydrogens is 315 g/mol. The summed E-state index contributed by atoms with van der Waals surface area (Å²) in [6.07, 6.45) is 0. The second-order valence-electron chi connectivity index (χ2n) is 5.73. The third-order valence-corrected chi connectivity index (χ3v) is 4.42.